The smallest absolute Gasteiger partial charge is 0.243 e. The second-order valence-electron chi connectivity index (χ2n) is 11.3. The van der Waals surface area contributed by atoms with E-state index in [1.54, 1.807) is 6.07 Å². The van der Waals surface area contributed by atoms with Crippen LogP contribution in [0.1, 0.15) is 82.9 Å². The van der Waals surface area contributed by atoms with Crippen LogP contribution in [-0.2, 0) is 15.0 Å². The predicted molar refractivity (Wildman–Crippen MR) is 128 cm³/mol. The summed E-state index contributed by atoms with van der Waals surface area (Å²) >= 11 is 0. The lowest BCUT2D eigenvalue weighted by Crippen LogP contribution is -2.48. The molecule has 0 saturated carbocycles. The van der Waals surface area contributed by atoms with Crippen molar-refractivity contribution in [3.8, 4) is 0 Å². The first-order valence-corrected chi connectivity index (χ1v) is 12.4. The van der Waals surface area contributed by atoms with Crippen LogP contribution < -0.4 is 5.32 Å². The molecule has 0 aromatic heterocycles. The molecule has 1 spiro atoms. The van der Waals surface area contributed by atoms with E-state index in [2.05, 4.69) is 37.6 Å². The lowest BCUT2D eigenvalue weighted by Gasteiger charge is -2.47. The monoisotopic (exact) mass is 455 g/mol. The van der Waals surface area contributed by atoms with Gasteiger partial charge in [0.15, 0.2) is 0 Å². The fourth-order valence-electron chi connectivity index (χ4n) is 5.83. The molecule has 2 fully saturated rings. The second-order valence-corrected chi connectivity index (χ2v) is 11.3. The minimum Gasteiger partial charge on any atom is -0.347 e. The van der Waals surface area contributed by atoms with Crippen LogP contribution in [0.2, 0.25) is 0 Å². The van der Waals surface area contributed by atoms with E-state index in [-0.39, 0.29) is 29.1 Å². The Morgan fingerprint density at radius 2 is 1.97 bits per heavy atom. The zero-order valence-corrected chi connectivity index (χ0v) is 20.3. The molecule has 1 aromatic rings. The average Bonchev–Trinajstić information content (AvgIpc) is 3.15. The lowest BCUT2D eigenvalue weighted by atomic mass is 9.63. The molecule has 6 heteroatoms. The quantitative estimate of drug-likeness (QED) is 0.701. The van der Waals surface area contributed by atoms with Gasteiger partial charge >= 0.3 is 0 Å². The fourth-order valence-corrected chi connectivity index (χ4v) is 5.83. The summed E-state index contributed by atoms with van der Waals surface area (Å²) in [5.41, 5.74) is 2.41. The maximum atomic E-state index is 14.4. The molecule has 2 amide bonds. The van der Waals surface area contributed by atoms with E-state index in [9.17, 15) is 14.0 Å². The lowest BCUT2D eigenvalue weighted by molar-refractivity contribution is -0.133. The molecule has 4 rings (SSSR count). The van der Waals surface area contributed by atoms with Gasteiger partial charge in [0.2, 0.25) is 11.8 Å². The van der Waals surface area contributed by atoms with Crippen molar-refractivity contribution in [3.63, 3.8) is 0 Å². The van der Waals surface area contributed by atoms with Crippen molar-refractivity contribution in [2.75, 3.05) is 19.6 Å². The zero-order chi connectivity index (χ0) is 23.8. The number of hydrogen-bond acceptors (Lipinski definition) is 3. The standard InChI is InChI=1S/C27H38FN3O2/c1-5-31-23(8-9-24(31)32)25(33)29-22-10-11-27(21-18-19(28)6-7-20(21)22)13-16-30(17-14-27)15-12-26(2,3)4/h5-7,18,22-23H,1,8-17H2,2-4H3,(H,29,33)/t22-,23+/m1/s1. The first-order chi connectivity index (χ1) is 15.6. The van der Waals surface area contributed by atoms with Crippen molar-refractivity contribution in [2.24, 2.45) is 5.41 Å². The molecule has 2 aliphatic heterocycles. The van der Waals surface area contributed by atoms with Crippen LogP contribution in [0.4, 0.5) is 4.39 Å². The summed E-state index contributed by atoms with van der Waals surface area (Å²) in [5, 5.41) is 3.18. The Morgan fingerprint density at radius 3 is 2.64 bits per heavy atom. The van der Waals surface area contributed by atoms with E-state index in [0.29, 0.717) is 18.3 Å². The molecule has 2 heterocycles. The van der Waals surface area contributed by atoms with E-state index in [1.165, 1.54) is 23.6 Å². The maximum absolute atomic E-state index is 14.4. The summed E-state index contributed by atoms with van der Waals surface area (Å²) in [4.78, 5) is 29.0. The number of nitrogens with zero attached hydrogens (tertiary/aromatic N) is 2. The third kappa shape index (κ3) is 5.01. The van der Waals surface area contributed by atoms with Crippen LogP contribution in [0, 0.1) is 11.2 Å². The number of piperidine rings is 1. The SMILES string of the molecule is C=CN1C(=O)CC[C@H]1C(=O)N[C@@H]1CCC2(CCN(CCC(C)(C)C)CC2)c2cc(F)ccc21. The van der Waals surface area contributed by atoms with Crippen molar-refractivity contribution < 1.29 is 14.0 Å². The molecule has 1 aromatic carbocycles. The molecular formula is C27H38FN3O2. The van der Waals surface area contributed by atoms with Crippen LogP contribution in [0.15, 0.2) is 31.0 Å². The van der Waals surface area contributed by atoms with Gasteiger partial charge in [-0.25, -0.2) is 4.39 Å². The zero-order valence-electron chi connectivity index (χ0n) is 20.3. The predicted octanol–water partition coefficient (Wildman–Crippen LogP) is 4.68. The summed E-state index contributed by atoms with van der Waals surface area (Å²) in [6, 6.07) is 4.41. The minimum absolute atomic E-state index is 0.0205. The van der Waals surface area contributed by atoms with Gasteiger partial charge in [-0.1, -0.05) is 33.4 Å². The minimum atomic E-state index is -0.499. The van der Waals surface area contributed by atoms with Crippen LogP contribution >= 0.6 is 0 Å². The largest absolute Gasteiger partial charge is 0.347 e. The van der Waals surface area contributed by atoms with Gasteiger partial charge < -0.3 is 15.1 Å². The normalized spacial score (nSPS) is 25.2. The maximum Gasteiger partial charge on any atom is 0.243 e. The molecule has 1 N–H and O–H groups in total. The van der Waals surface area contributed by atoms with Gasteiger partial charge in [0.1, 0.15) is 11.9 Å². The van der Waals surface area contributed by atoms with Crippen molar-refractivity contribution in [3.05, 3.63) is 47.9 Å². The number of likely N-dealkylation sites (tertiary alicyclic amines) is 2. The number of fused-ring (bicyclic) bond motifs is 2. The molecule has 0 radical (unpaired) electrons. The van der Waals surface area contributed by atoms with E-state index in [0.717, 1.165) is 56.4 Å². The molecular weight excluding hydrogens is 417 g/mol. The van der Waals surface area contributed by atoms with Crippen LogP contribution in [0.5, 0.6) is 0 Å². The van der Waals surface area contributed by atoms with Gasteiger partial charge in [-0.2, -0.15) is 0 Å². The summed E-state index contributed by atoms with van der Waals surface area (Å²) in [5.74, 6) is -0.420. The number of amides is 2. The summed E-state index contributed by atoms with van der Waals surface area (Å²) in [6.45, 7) is 13.7. The van der Waals surface area contributed by atoms with Gasteiger partial charge in [-0.15, -0.1) is 0 Å². The number of nitrogens with one attached hydrogen (secondary N) is 1. The highest BCUT2D eigenvalue weighted by Gasteiger charge is 2.43. The highest BCUT2D eigenvalue weighted by molar-refractivity contribution is 5.91. The number of rotatable bonds is 5. The first kappa shape index (κ1) is 23.9. The van der Waals surface area contributed by atoms with Crippen LogP contribution in [0.25, 0.3) is 0 Å². The Bertz CT molecular complexity index is 914. The Labute approximate surface area is 197 Å². The van der Waals surface area contributed by atoms with E-state index in [4.69, 9.17) is 0 Å². The summed E-state index contributed by atoms with van der Waals surface area (Å²) in [6.07, 6.45) is 7.32. The van der Waals surface area contributed by atoms with Gasteiger partial charge in [-0.3, -0.25) is 9.59 Å². The Kier molecular flexibility index (Phi) is 6.68. The van der Waals surface area contributed by atoms with Gasteiger partial charge in [0.25, 0.3) is 0 Å². The van der Waals surface area contributed by atoms with Crippen molar-refractivity contribution >= 4 is 11.8 Å². The molecule has 2 atom stereocenters. The third-order valence-corrected chi connectivity index (χ3v) is 7.94. The van der Waals surface area contributed by atoms with E-state index in [1.807, 2.05) is 6.07 Å². The Balaban J connectivity index is 1.49. The van der Waals surface area contributed by atoms with Gasteiger partial charge in [0.05, 0.1) is 6.04 Å². The number of benzene rings is 1. The molecule has 1 aliphatic carbocycles. The average molecular weight is 456 g/mol. The molecule has 0 unspecified atom stereocenters. The van der Waals surface area contributed by atoms with Crippen molar-refractivity contribution in [1.29, 1.82) is 0 Å². The number of hydrogen-bond donors (Lipinski definition) is 1. The van der Waals surface area contributed by atoms with Gasteiger partial charge in [0, 0.05) is 12.6 Å². The molecule has 33 heavy (non-hydrogen) atoms. The van der Waals surface area contributed by atoms with Crippen LogP contribution in [-0.4, -0.2) is 47.3 Å². The number of halogens is 1. The first-order valence-electron chi connectivity index (χ1n) is 12.4. The second kappa shape index (κ2) is 9.21. The van der Waals surface area contributed by atoms with E-state index < -0.39 is 6.04 Å². The topological polar surface area (TPSA) is 52.7 Å². The number of carbonyl (C=O) groups is 2. The van der Waals surface area contributed by atoms with Crippen molar-refractivity contribution in [2.45, 2.75) is 83.2 Å². The number of carbonyl (C=O) groups excluding carboxylic acids is 2. The Hall–Kier alpha value is -2.21. The van der Waals surface area contributed by atoms with Gasteiger partial charge in [-0.05, 0) is 92.2 Å². The van der Waals surface area contributed by atoms with Crippen LogP contribution in [0.3, 0.4) is 0 Å². The highest BCUT2D eigenvalue weighted by atomic mass is 19.1. The highest BCUT2D eigenvalue weighted by Crippen LogP contribution is 2.48. The third-order valence-electron chi connectivity index (χ3n) is 7.94. The van der Waals surface area contributed by atoms with E-state index >= 15 is 0 Å². The summed E-state index contributed by atoms with van der Waals surface area (Å²) < 4.78 is 14.4. The fraction of sp³-hybridized carbons (Fsp3) is 0.630. The molecule has 180 valence electrons. The van der Waals surface area contributed by atoms with Crippen molar-refractivity contribution in [1.82, 2.24) is 15.1 Å². The summed E-state index contributed by atoms with van der Waals surface area (Å²) in [7, 11) is 0. The molecule has 5 nitrogen and oxygen atoms in total. The molecule has 0 bridgehead atoms. The molecule has 3 aliphatic rings. The molecule has 2 saturated heterocycles. The Morgan fingerprint density at radius 1 is 1.24 bits per heavy atom.